The summed E-state index contributed by atoms with van der Waals surface area (Å²) in [7, 11) is 0. The second-order valence-corrected chi connectivity index (χ2v) is 7.30. The number of halogens is 1. The van der Waals surface area contributed by atoms with Gasteiger partial charge in [-0.2, -0.15) is 0 Å². The van der Waals surface area contributed by atoms with E-state index in [9.17, 15) is 9.59 Å². The van der Waals surface area contributed by atoms with Crippen LogP contribution in [0.5, 0.6) is 0 Å². The molecule has 0 amide bonds. The Hall–Kier alpha value is -2.91. The van der Waals surface area contributed by atoms with Crippen LogP contribution < -0.4 is 0 Å². The molecule has 3 aromatic carbocycles. The van der Waals surface area contributed by atoms with E-state index in [1.165, 1.54) is 0 Å². The summed E-state index contributed by atoms with van der Waals surface area (Å²) in [6.07, 6.45) is 0.162. The average Bonchev–Trinajstić information content (AvgIpc) is 3.01. The maximum Gasteiger partial charge on any atom is 0.261 e. The number of carbonyl (C=O) groups is 2. The van der Waals surface area contributed by atoms with Crippen LogP contribution in [-0.2, 0) is 6.42 Å². The number of para-hydroxylation sites is 2. The van der Waals surface area contributed by atoms with Gasteiger partial charge in [0, 0.05) is 22.8 Å². The zero-order chi connectivity index (χ0) is 17.9. The van der Waals surface area contributed by atoms with Crippen LogP contribution in [0, 0.1) is 0 Å². The number of rotatable bonds is 2. The van der Waals surface area contributed by atoms with Gasteiger partial charge in [0.15, 0.2) is 10.7 Å². The van der Waals surface area contributed by atoms with Gasteiger partial charge in [0.1, 0.15) is 0 Å². The molecule has 0 bridgehead atoms. The molecular formula is C22H14ClNO2. The van der Waals surface area contributed by atoms with Gasteiger partial charge >= 0.3 is 0 Å². The number of fused-ring (bicyclic) bond motifs is 3. The molecule has 0 aliphatic carbocycles. The maximum absolute atomic E-state index is 13.4. The lowest BCUT2D eigenvalue weighted by Crippen LogP contribution is -2.49. The Balaban J connectivity index is 1.82. The van der Waals surface area contributed by atoms with Gasteiger partial charge in [0.25, 0.3) is 5.91 Å². The van der Waals surface area contributed by atoms with Crippen molar-refractivity contribution in [1.29, 1.82) is 0 Å². The van der Waals surface area contributed by atoms with Crippen LogP contribution in [0.15, 0.2) is 72.8 Å². The van der Waals surface area contributed by atoms with Gasteiger partial charge in [-0.1, -0.05) is 72.3 Å². The minimum Gasteiger partial charge on any atom is -0.291 e. The van der Waals surface area contributed by atoms with Gasteiger partial charge in [-0.3, -0.25) is 14.2 Å². The zero-order valence-electron chi connectivity index (χ0n) is 13.8. The fourth-order valence-electron chi connectivity index (χ4n) is 3.93. The highest BCUT2D eigenvalue weighted by atomic mass is 35.5. The molecule has 26 heavy (non-hydrogen) atoms. The van der Waals surface area contributed by atoms with Crippen molar-refractivity contribution >= 4 is 45.1 Å². The number of alkyl halides is 1. The fourth-order valence-corrected chi connectivity index (χ4v) is 4.27. The number of carbonyl (C=O) groups excluding carboxylic acids is 2. The monoisotopic (exact) mass is 359 g/mol. The molecule has 0 fully saturated rings. The Labute approximate surface area is 154 Å². The molecule has 0 radical (unpaired) electrons. The number of aromatic nitrogens is 1. The number of benzene rings is 3. The average molecular weight is 360 g/mol. The molecule has 0 saturated heterocycles. The highest BCUT2D eigenvalue weighted by molar-refractivity contribution is 6.52. The zero-order valence-corrected chi connectivity index (χ0v) is 14.5. The predicted molar refractivity (Wildman–Crippen MR) is 103 cm³/mol. The third kappa shape index (κ3) is 1.89. The van der Waals surface area contributed by atoms with Crippen molar-refractivity contribution in [3.8, 4) is 0 Å². The number of hydrogen-bond donors (Lipinski definition) is 0. The number of ketones is 1. The molecule has 5 rings (SSSR count). The highest BCUT2D eigenvalue weighted by Gasteiger charge is 2.50. The Morgan fingerprint density at radius 2 is 1.50 bits per heavy atom. The largest absolute Gasteiger partial charge is 0.291 e. The highest BCUT2D eigenvalue weighted by Crippen LogP contribution is 2.40. The van der Waals surface area contributed by atoms with Crippen LogP contribution in [0.25, 0.3) is 21.8 Å². The fraction of sp³-hybridized carbons (Fsp3) is 0.0909. The molecular weight excluding hydrogens is 346 g/mol. The van der Waals surface area contributed by atoms with Crippen LogP contribution >= 0.6 is 11.6 Å². The standard InChI is InChI=1S/C22H14ClNO2/c23-22(13-14-7-2-1-3-8-14)20(25)17-11-6-10-16-15-9-4-5-12-18(15)24(19(16)17)21(22)26/h1-12H,13H2. The Bertz CT molecular complexity index is 1210. The molecule has 126 valence electrons. The normalized spacial score (nSPS) is 19.4. The van der Waals surface area contributed by atoms with Gasteiger partial charge in [-0.25, -0.2) is 0 Å². The van der Waals surface area contributed by atoms with Crippen molar-refractivity contribution in [2.75, 3.05) is 0 Å². The lowest BCUT2D eigenvalue weighted by Gasteiger charge is -2.29. The molecule has 0 spiro atoms. The summed E-state index contributed by atoms with van der Waals surface area (Å²) in [5.41, 5.74) is 2.80. The van der Waals surface area contributed by atoms with Crippen molar-refractivity contribution in [3.63, 3.8) is 0 Å². The molecule has 3 nitrogen and oxygen atoms in total. The maximum atomic E-state index is 13.4. The van der Waals surface area contributed by atoms with Gasteiger partial charge in [-0.05, 0) is 17.7 Å². The van der Waals surface area contributed by atoms with E-state index in [0.29, 0.717) is 11.1 Å². The summed E-state index contributed by atoms with van der Waals surface area (Å²) >= 11 is 6.76. The molecule has 1 aromatic heterocycles. The molecule has 0 N–H and O–H groups in total. The summed E-state index contributed by atoms with van der Waals surface area (Å²) in [4.78, 5) is 25.0. The Kier molecular flexibility index (Phi) is 3.12. The third-order valence-electron chi connectivity index (χ3n) is 5.13. The SMILES string of the molecule is O=C1c2cccc3c4ccccc4n(c23)C(=O)C1(Cl)Cc1ccccc1. The Morgan fingerprint density at radius 3 is 2.31 bits per heavy atom. The third-order valence-corrected chi connectivity index (χ3v) is 5.60. The molecule has 1 atom stereocenters. The van der Waals surface area contributed by atoms with E-state index in [2.05, 4.69) is 0 Å². The first-order chi connectivity index (χ1) is 12.6. The minimum absolute atomic E-state index is 0.162. The van der Waals surface area contributed by atoms with Gasteiger partial charge in [0.05, 0.1) is 11.0 Å². The molecule has 1 aliphatic heterocycles. The quantitative estimate of drug-likeness (QED) is 0.379. The first-order valence-electron chi connectivity index (χ1n) is 8.46. The second kappa shape index (κ2) is 5.29. The van der Waals surface area contributed by atoms with Crippen LogP contribution in [0.2, 0.25) is 0 Å². The molecule has 1 aliphatic rings. The van der Waals surface area contributed by atoms with Gasteiger partial charge in [0.2, 0.25) is 0 Å². The van der Waals surface area contributed by atoms with E-state index >= 15 is 0 Å². The van der Waals surface area contributed by atoms with E-state index in [4.69, 9.17) is 11.6 Å². The van der Waals surface area contributed by atoms with Crippen molar-refractivity contribution in [2.45, 2.75) is 11.3 Å². The second-order valence-electron chi connectivity index (χ2n) is 6.65. The lowest BCUT2D eigenvalue weighted by molar-refractivity contribution is 0.0774. The first kappa shape index (κ1) is 15.4. The van der Waals surface area contributed by atoms with Gasteiger partial charge in [-0.15, -0.1) is 0 Å². The van der Waals surface area contributed by atoms with Crippen LogP contribution in [0.1, 0.15) is 20.7 Å². The van der Waals surface area contributed by atoms with E-state index < -0.39 is 4.87 Å². The Morgan fingerprint density at radius 1 is 0.808 bits per heavy atom. The minimum atomic E-state index is -1.63. The van der Waals surface area contributed by atoms with Crippen molar-refractivity contribution < 1.29 is 9.59 Å². The number of Topliss-reactive ketones (excluding diaryl/α,β-unsaturated/α-hetero) is 1. The van der Waals surface area contributed by atoms with Gasteiger partial charge < -0.3 is 0 Å². The molecule has 0 saturated carbocycles. The summed E-state index contributed by atoms with van der Waals surface area (Å²) in [5.74, 6) is -0.702. The smallest absolute Gasteiger partial charge is 0.261 e. The summed E-state index contributed by atoms with van der Waals surface area (Å²) in [6, 6.07) is 22.7. The van der Waals surface area contributed by atoms with Crippen molar-refractivity contribution in [3.05, 3.63) is 83.9 Å². The molecule has 2 heterocycles. The molecule has 1 unspecified atom stereocenters. The number of nitrogens with zero attached hydrogens (tertiary/aromatic N) is 1. The van der Waals surface area contributed by atoms with E-state index in [1.807, 2.05) is 66.7 Å². The van der Waals surface area contributed by atoms with Crippen LogP contribution in [0.3, 0.4) is 0 Å². The predicted octanol–water partition coefficient (Wildman–Crippen LogP) is 4.85. The number of hydrogen-bond acceptors (Lipinski definition) is 2. The summed E-state index contributed by atoms with van der Waals surface area (Å²) in [5, 5.41) is 1.85. The molecule has 4 aromatic rings. The van der Waals surface area contributed by atoms with Crippen molar-refractivity contribution in [2.24, 2.45) is 0 Å². The summed E-state index contributed by atoms with van der Waals surface area (Å²) in [6.45, 7) is 0. The van der Waals surface area contributed by atoms with E-state index in [-0.39, 0.29) is 18.1 Å². The van der Waals surface area contributed by atoms with Crippen LogP contribution in [0.4, 0.5) is 0 Å². The van der Waals surface area contributed by atoms with E-state index in [1.54, 1.807) is 10.6 Å². The summed E-state index contributed by atoms with van der Waals surface area (Å²) < 4.78 is 1.62. The van der Waals surface area contributed by atoms with Crippen molar-refractivity contribution in [1.82, 2.24) is 4.57 Å². The topological polar surface area (TPSA) is 39.1 Å². The lowest BCUT2D eigenvalue weighted by atomic mass is 9.86. The first-order valence-corrected chi connectivity index (χ1v) is 8.84. The van der Waals surface area contributed by atoms with E-state index in [0.717, 1.165) is 21.9 Å². The van der Waals surface area contributed by atoms with Crippen LogP contribution in [-0.4, -0.2) is 21.1 Å². The molecule has 4 heteroatoms.